The number of amides is 1. The van der Waals surface area contributed by atoms with Crippen LogP contribution in [0.1, 0.15) is 23.2 Å². The topological polar surface area (TPSA) is 42.4 Å². The number of halogens is 1. The Morgan fingerprint density at radius 2 is 2.33 bits per heavy atom. The van der Waals surface area contributed by atoms with Crippen LogP contribution in [0.4, 0.5) is 0 Å². The van der Waals surface area contributed by atoms with Gasteiger partial charge in [0.1, 0.15) is 0 Å². The Labute approximate surface area is 115 Å². The van der Waals surface area contributed by atoms with E-state index in [1.54, 1.807) is 30.4 Å². The van der Waals surface area contributed by atoms with Crippen LogP contribution in [0.3, 0.4) is 0 Å². The van der Waals surface area contributed by atoms with Gasteiger partial charge in [0.2, 0.25) is 0 Å². The molecule has 1 aliphatic rings. The SMILES string of the molecule is CN(CCOCC1CC1)C(=O)c1cncc(Br)c1. The molecule has 0 saturated heterocycles. The summed E-state index contributed by atoms with van der Waals surface area (Å²) in [6.45, 7) is 2.04. The number of aromatic nitrogens is 1. The summed E-state index contributed by atoms with van der Waals surface area (Å²) in [5.74, 6) is 0.735. The monoisotopic (exact) mass is 312 g/mol. The lowest BCUT2D eigenvalue weighted by Crippen LogP contribution is -2.30. The molecule has 1 heterocycles. The minimum absolute atomic E-state index is 0.0289. The van der Waals surface area contributed by atoms with Gasteiger partial charge in [-0.2, -0.15) is 0 Å². The Morgan fingerprint density at radius 1 is 1.56 bits per heavy atom. The quantitative estimate of drug-likeness (QED) is 0.757. The summed E-state index contributed by atoms with van der Waals surface area (Å²) in [5.41, 5.74) is 0.592. The van der Waals surface area contributed by atoms with Gasteiger partial charge in [-0.15, -0.1) is 0 Å². The first kappa shape index (κ1) is 13.5. The van der Waals surface area contributed by atoms with Crippen molar-refractivity contribution in [3.8, 4) is 0 Å². The maximum absolute atomic E-state index is 12.0. The fourth-order valence-electron chi connectivity index (χ4n) is 1.59. The van der Waals surface area contributed by atoms with E-state index in [0.717, 1.165) is 17.0 Å². The van der Waals surface area contributed by atoms with Crippen molar-refractivity contribution in [2.75, 3.05) is 26.8 Å². The molecular weight excluding hydrogens is 296 g/mol. The molecule has 0 N–H and O–H groups in total. The van der Waals surface area contributed by atoms with E-state index in [4.69, 9.17) is 4.74 Å². The molecule has 4 nitrogen and oxygen atoms in total. The van der Waals surface area contributed by atoms with Gasteiger partial charge in [-0.05, 0) is 40.8 Å². The lowest BCUT2D eigenvalue weighted by molar-refractivity contribution is 0.0680. The zero-order valence-corrected chi connectivity index (χ0v) is 12.0. The molecule has 5 heteroatoms. The first-order valence-corrected chi connectivity index (χ1v) is 6.90. The highest BCUT2D eigenvalue weighted by Gasteiger charge is 2.21. The number of likely N-dealkylation sites (N-methyl/N-ethyl adjacent to an activating group) is 1. The first-order chi connectivity index (χ1) is 8.66. The van der Waals surface area contributed by atoms with Crippen molar-refractivity contribution in [3.05, 3.63) is 28.5 Å². The molecule has 98 valence electrons. The fraction of sp³-hybridized carbons (Fsp3) is 0.538. The van der Waals surface area contributed by atoms with Crippen molar-refractivity contribution >= 4 is 21.8 Å². The van der Waals surface area contributed by atoms with Crippen LogP contribution in [-0.4, -0.2) is 42.6 Å². The lowest BCUT2D eigenvalue weighted by atomic mass is 10.2. The molecule has 2 rings (SSSR count). The van der Waals surface area contributed by atoms with E-state index < -0.39 is 0 Å². The van der Waals surface area contributed by atoms with Crippen LogP contribution >= 0.6 is 15.9 Å². The Morgan fingerprint density at radius 3 is 3.00 bits per heavy atom. The van der Waals surface area contributed by atoms with E-state index in [9.17, 15) is 4.79 Å². The fourth-order valence-corrected chi connectivity index (χ4v) is 1.95. The molecule has 1 amide bonds. The molecule has 18 heavy (non-hydrogen) atoms. The summed E-state index contributed by atoms with van der Waals surface area (Å²) in [4.78, 5) is 17.7. The molecule has 1 saturated carbocycles. The zero-order chi connectivity index (χ0) is 13.0. The number of carbonyl (C=O) groups is 1. The number of rotatable bonds is 6. The van der Waals surface area contributed by atoms with Crippen LogP contribution in [0.2, 0.25) is 0 Å². The van der Waals surface area contributed by atoms with Crippen LogP contribution < -0.4 is 0 Å². The van der Waals surface area contributed by atoms with Crippen molar-refractivity contribution in [2.24, 2.45) is 5.92 Å². The normalized spacial score (nSPS) is 14.6. The number of pyridine rings is 1. The maximum Gasteiger partial charge on any atom is 0.255 e. The molecule has 0 spiro atoms. The van der Waals surface area contributed by atoms with Gasteiger partial charge in [0.15, 0.2) is 0 Å². The molecular formula is C13H17BrN2O2. The molecule has 0 radical (unpaired) electrons. The summed E-state index contributed by atoms with van der Waals surface area (Å²) in [6.07, 6.45) is 5.82. The van der Waals surface area contributed by atoms with E-state index in [-0.39, 0.29) is 5.91 Å². The highest BCUT2D eigenvalue weighted by atomic mass is 79.9. The molecule has 0 bridgehead atoms. The maximum atomic E-state index is 12.0. The predicted molar refractivity (Wildman–Crippen MR) is 72.4 cm³/mol. The van der Waals surface area contributed by atoms with Gasteiger partial charge in [-0.25, -0.2) is 0 Å². The Balaban J connectivity index is 1.76. The zero-order valence-electron chi connectivity index (χ0n) is 10.4. The molecule has 0 atom stereocenters. The van der Waals surface area contributed by atoms with Crippen LogP contribution in [0.15, 0.2) is 22.9 Å². The number of carbonyl (C=O) groups excluding carboxylic acids is 1. The van der Waals surface area contributed by atoms with Gasteiger partial charge in [0, 0.05) is 37.1 Å². The molecule has 1 aromatic heterocycles. The van der Waals surface area contributed by atoms with Crippen molar-refractivity contribution < 1.29 is 9.53 Å². The van der Waals surface area contributed by atoms with Gasteiger partial charge < -0.3 is 9.64 Å². The Hall–Kier alpha value is -0.940. The number of nitrogens with zero attached hydrogens (tertiary/aromatic N) is 2. The average molecular weight is 313 g/mol. The van der Waals surface area contributed by atoms with E-state index in [1.807, 2.05) is 0 Å². The van der Waals surface area contributed by atoms with E-state index in [1.165, 1.54) is 12.8 Å². The number of ether oxygens (including phenoxy) is 1. The van der Waals surface area contributed by atoms with Crippen molar-refractivity contribution in [1.29, 1.82) is 0 Å². The molecule has 0 unspecified atom stereocenters. The van der Waals surface area contributed by atoms with Gasteiger partial charge in [0.05, 0.1) is 12.2 Å². The summed E-state index contributed by atoms with van der Waals surface area (Å²) >= 11 is 3.31. The molecule has 1 aromatic rings. The predicted octanol–water partition coefficient (Wildman–Crippen LogP) is 2.34. The second-order valence-electron chi connectivity index (χ2n) is 4.64. The van der Waals surface area contributed by atoms with Gasteiger partial charge in [0.25, 0.3) is 5.91 Å². The summed E-state index contributed by atoms with van der Waals surface area (Å²) < 4.78 is 6.33. The lowest BCUT2D eigenvalue weighted by Gasteiger charge is -2.17. The van der Waals surface area contributed by atoms with E-state index >= 15 is 0 Å². The van der Waals surface area contributed by atoms with Gasteiger partial charge in [-0.1, -0.05) is 0 Å². The third kappa shape index (κ3) is 4.07. The van der Waals surface area contributed by atoms with E-state index in [2.05, 4.69) is 20.9 Å². The summed E-state index contributed by atoms with van der Waals surface area (Å²) in [7, 11) is 1.78. The minimum atomic E-state index is -0.0289. The highest BCUT2D eigenvalue weighted by molar-refractivity contribution is 9.10. The smallest absolute Gasteiger partial charge is 0.255 e. The Bertz CT molecular complexity index is 421. The van der Waals surface area contributed by atoms with Gasteiger partial charge >= 0.3 is 0 Å². The first-order valence-electron chi connectivity index (χ1n) is 6.10. The second kappa shape index (κ2) is 6.29. The van der Waals surface area contributed by atoms with E-state index in [0.29, 0.717) is 18.7 Å². The second-order valence-corrected chi connectivity index (χ2v) is 5.55. The summed E-state index contributed by atoms with van der Waals surface area (Å²) in [5, 5.41) is 0. The van der Waals surface area contributed by atoms with Crippen molar-refractivity contribution in [3.63, 3.8) is 0 Å². The van der Waals surface area contributed by atoms with Crippen molar-refractivity contribution in [1.82, 2.24) is 9.88 Å². The van der Waals surface area contributed by atoms with Crippen molar-refractivity contribution in [2.45, 2.75) is 12.8 Å². The van der Waals surface area contributed by atoms with Crippen LogP contribution in [0.5, 0.6) is 0 Å². The largest absolute Gasteiger partial charge is 0.379 e. The third-order valence-corrected chi connectivity index (χ3v) is 3.35. The minimum Gasteiger partial charge on any atom is -0.379 e. The molecule has 0 aliphatic heterocycles. The molecule has 1 fully saturated rings. The average Bonchev–Trinajstić information content (AvgIpc) is 3.17. The summed E-state index contributed by atoms with van der Waals surface area (Å²) in [6, 6.07) is 1.77. The molecule has 0 aromatic carbocycles. The van der Waals surface area contributed by atoms with Crippen LogP contribution in [0, 0.1) is 5.92 Å². The number of hydrogen-bond donors (Lipinski definition) is 0. The number of hydrogen-bond acceptors (Lipinski definition) is 3. The third-order valence-electron chi connectivity index (χ3n) is 2.92. The Kier molecular flexibility index (Phi) is 4.72. The van der Waals surface area contributed by atoms with Crippen LogP contribution in [-0.2, 0) is 4.74 Å². The standard InChI is InChI=1S/C13H17BrN2O2/c1-16(4-5-18-9-10-2-3-10)13(17)11-6-12(14)8-15-7-11/h6-8,10H,2-5,9H2,1H3. The van der Waals surface area contributed by atoms with Crippen LogP contribution in [0.25, 0.3) is 0 Å². The molecule has 1 aliphatic carbocycles. The van der Waals surface area contributed by atoms with Gasteiger partial charge in [-0.3, -0.25) is 9.78 Å². The highest BCUT2D eigenvalue weighted by Crippen LogP contribution is 2.28.